The van der Waals surface area contributed by atoms with Gasteiger partial charge in [-0.05, 0) is 23.8 Å². The zero-order valence-corrected chi connectivity index (χ0v) is 13.9. The molecule has 0 aromatic heterocycles. The van der Waals surface area contributed by atoms with Crippen molar-refractivity contribution in [3.63, 3.8) is 0 Å². The Kier molecular flexibility index (Phi) is 6.70. The summed E-state index contributed by atoms with van der Waals surface area (Å²) in [5.74, 6) is -1.54. The first kappa shape index (κ1) is 19.9. The van der Waals surface area contributed by atoms with Crippen molar-refractivity contribution >= 4 is 18.0 Å². The van der Waals surface area contributed by atoms with Crippen LogP contribution in [0, 0.1) is 0 Å². The van der Waals surface area contributed by atoms with Crippen LogP contribution in [0.25, 0.3) is 6.08 Å². The Morgan fingerprint density at radius 3 is 2.38 bits per heavy atom. The lowest BCUT2D eigenvalue weighted by Crippen LogP contribution is -2.60. The summed E-state index contributed by atoms with van der Waals surface area (Å²) in [6, 6.07) is 6.02. The molecule has 0 spiro atoms. The lowest BCUT2D eigenvalue weighted by Gasteiger charge is -2.40. The van der Waals surface area contributed by atoms with Crippen molar-refractivity contribution in [1.82, 2.24) is 0 Å². The second kappa shape index (κ2) is 8.77. The first-order valence-corrected chi connectivity index (χ1v) is 7.79. The highest BCUT2D eigenvalue weighted by Crippen LogP contribution is 2.25. The van der Waals surface area contributed by atoms with E-state index in [0.717, 1.165) is 13.0 Å². The number of carbonyl (C=O) groups excluding carboxylic acids is 2. The molecule has 5 atom stereocenters. The summed E-state index contributed by atoms with van der Waals surface area (Å²) in [4.78, 5) is 23.1. The van der Waals surface area contributed by atoms with Crippen LogP contribution in [-0.4, -0.2) is 69.7 Å². The molecule has 1 aromatic carbocycles. The van der Waals surface area contributed by atoms with Crippen molar-refractivity contribution < 1.29 is 44.2 Å². The zero-order chi connectivity index (χ0) is 19.3. The van der Waals surface area contributed by atoms with E-state index >= 15 is 0 Å². The number of benzene rings is 1. The second-order valence-corrected chi connectivity index (χ2v) is 5.64. The largest absolute Gasteiger partial charge is 0.508 e. The van der Waals surface area contributed by atoms with E-state index in [2.05, 4.69) is 0 Å². The highest BCUT2D eigenvalue weighted by molar-refractivity contribution is 5.87. The van der Waals surface area contributed by atoms with E-state index in [9.17, 15) is 30.0 Å². The minimum atomic E-state index is -1.67. The summed E-state index contributed by atoms with van der Waals surface area (Å²) in [5, 5.41) is 38.6. The molecule has 0 aliphatic carbocycles. The van der Waals surface area contributed by atoms with Gasteiger partial charge in [0.1, 0.15) is 18.0 Å². The van der Waals surface area contributed by atoms with E-state index in [1.54, 1.807) is 12.1 Å². The van der Waals surface area contributed by atoms with Gasteiger partial charge in [-0.15, -0.1) is 0 Å². The van der Waals surface area contributed by atoms with Crippen molar-refractivity contribution in [2.24, 2.45) is 0 Å². The van der Waals surface area contributed by atoms with E-state index in [4.69, 9.17) is 14.2 Å². The van der Waals surface area contributed by atoms with Crippen LogP contribution in [0.15, 0.2) is 30.3 Å². The van der Waals surface area contributed by atoms with Gasteiger partial charge >= 0.3 is 11.9 Å². The van der Waals surface area contributed by atoms with E-state index in [1.165, 1.54) is 18.2 Å². The van der Waals surface area contributed by atoms with Crippen LogP contribution in [0.1, 0.15) is 12.5 Å². The molecule has 1 saturated heterocycles. The summed E-state index contributed by atoms with van der Waals surface area (Å²) in [5.41, 5.74) is 0.618. The molecule has 5 unspecified atom stereocenters. The number of hydrogen-bond donors (Lipinski definition) is 4. The molecule has 0 amide bonds. The average molecular weight is 368 g/mol. The minimum Gasteiger partial charge on any atom is -0.508 e. The Morgan fingerprint density at radius 2 is 1.81 bits per heavy atom. The van der Waals surface area contributed by atoms with E-state index in [1.807, 2.05) is 0 Å². The molecule has 1 fully saturated rings. The molecule has 9 heteroatoms. The van der Waals surface area contributed by atoms with Gasteiger partial charge in [-0.2, -0.15) is 0 Å². The molecule has 142 valence electrons. The molecule has 0 bridgehead atoms. The molecular weight excluding hydrogens is 348 g/mol. The van der Waals surface area contributed by atoms with Crippen molar-refractivity contribution in [1.29, 1.82) is 0 Å². The van der Waals surface area contributed by atoms with E-state index in [0.29, 0.717) is 5.56 Å². The summed E-state index contributed by atoms with van der Waals surface area (Å²) in [7, 11) is 0. The Bertz CT molecular complexity index is 655. The smallest absolute Gasteiger partial charge is 0.331 e. The maximum absolute atomic E-state index is 12.0. The third-order valence-corrected chi connectivity index (χ3v) is 3.67. The van der Waals surface area contributed by atoms with Crippen LogP contribution in [0.4, 0.5) is 0 Å². The fraction of sp³-hybridized carbons (Fsp3) is 0.412. The van der Waals surface area contributed by atoms with E-state index < -0.39 is 49.3 Å². The number of esters is 2. The Morgan fingerprint density at radius 1 is 1.15 bits per heavy atom. The monoisotopic (exact) mass is 368 g/mol. The van der Waals surface area contributed by atoms with Gasteiger partial charge in [-0.3, -0.25) is 4.79 Å². The fourth-order valence-corrected chi connectivity index (χ4v) is 2.44. The van der Waals surface area contributed by atoms with Crippen LogP contribution in [0.2, 0.25) is 0 Å². The van der Waals surface area contributed by atoms with Crippen molar-refractivity contribution in [3.8, 4) is 5.75 Å². The quantitative estimate of drug-likeness (QED) is 0.392. The van der Waals surface area contributed by atoms with Gasteiger partial charge in [0.15, 0.2) is 18.5 Å². The average Bonchev–Trinajstić information content (AvgIpc) is 2.60. The number of aliphatic hydroxyl groups is 3. The molecule has 1 heterocycles. The van der Waals surface area contributed by atoms with Crippen molar-refractivity contribution in [3.05, 3.63) is 35.9 Å². The Labute approximate surface area is 149 Å². The van der Waals surface area contributed by atoms with Crippen molar-refractivity contribution in [2.45, 2.75) is 37.6 Å². The molecule has 0 radical (unpaired) electrons. The van der Waals surface area contributed by atoms with Crippen LogP contribution >= 0.6 is 0 Å². The zero-order valence-electron chi connectivity index (χ0n) is 13.9. The van der Waals surface area contributed by atoms with Crippen LogP contribution in [0.3, 0.4) is 0 Å². The van der Waals surface area contributed by atoms with Gasteiger partial charge in [0.2, 0.25) is 0 Å². The van der Waals surface area contributed by atoms with Crippen LogP contribution < -0.4 is 0 Å². The number of carbonyl (C=O) groups is 2. The number of hydrogen-bond acceptors (Lipinski definition) is 9. The molecule has 1 aliphatic rings. The van der Waals surface area contributed by atoms with Gasteiger partial charge in [-0.1, -0.05) is 12.1 Å². The molecule has 0 saturated carbocycles. The van der Waals surface area contributed by atoms with Gasteiger partial charge < -0.3 is 34.6 Å². The SMILES string of the molecule is CC(=O)OC1C(O)OC(CO)C(OC(=O)C=Cc2ccc(O)cc2)C1O. The van der Waals surface area contributed by atoms with Crippen LogP contribution in [-0.2, 0) is 23.8 Å². The highest BCUT2D eigenvalue weighted by atomic mass is 16.7. The molecule has 26 heavy (non-hydrogen) atoms. The summed E-state index contributed by atoms with van der Waals surface area (Å²) in [6.45, 7) is 0.444. The molecule has 4 N–H and O–H groups in total. The van der Waals surface area contributed by atoms with Crippen LogP contribution in [0.5, 0.6) is 5.75 Å². The lowest BCUT2D eigenvalue weighted by molar-refractivity contribution is -0.292. The summed E-state index contributed by atoms with van der Waals surface area (Å²) >= 11 is 0. The summed E-state index contributed by atoms with van der Waals surface area (Å²) < 4.78 is 14.9. The standard InChI is InChI=1S/C17H20O9/c1-9(19)24-16-14(22)15(12(8-18)25-17(16)23)26-13(21)7-4-10-2-5-11(20)6-3-10/h2-7,12,14-18,20,22-23H,8H2,1H3. The number of phenolic OH excluding ortho intramolecular Hbond substituents is 1. The number of phenols is 1. The maximum atomic E-state index is 12.0. The second-order valence-electron chi connectivity index (χ2n) is 5.64. The first-order chi connectivity index (χ1) is 12.3. The first-order valence-electron chi connectivity index (χ1n) is 7.79. The molecule has 9 nitrogen and oxygen atoms in total. The Hall–Kier alpha value is -2.46. The third kappa shape index (κ3) is 5.02. The number of ether oxygens (including phenoxy) is 3. The predicted molar refractivity (Wildman–Crippen MR) is 86.5 cm³/mol. The molecular formula is C17H20O9. The van der Waals surface area contributed by atoms with Crippen molar-refractivity contribution in [2.75, 3.05) is 6.61 Å². The number of aliphatic hydroxyl groups excluding tert-OH is 3. The Balaban J connectivity index is 2.07. The minimum absolute atomic E-state index is 0.0769. The normalized spacial score (nSPS) is 28.7. The highest BCUT2D eigenvalue weighted by Gasteiger charge is 2.48. The fourth-order valence-electron chi connectivity index (χ4n) is 2.44. The lowest BCUT2D eigenvalue weighted by atomic mass is 9.99. The van der Waals surface area contributed by atoms with E-state index in [-0.39, 0.29) is 5.75 Å². The summed E-state index contributed by atoms with van der Waals surface area (Å²) in [6.07, 6.45) is -4.78. The van der Waals surface area contributed by atoms with Gasteiger partial charge in [0.05, 0.1) is 6.61 Å². The third-order valence-electron chi connectivity index (χ3n) is 3.67. The molecule has 1 aromatic rings. The predicted octanol–water partition coefficient (Wildman–Crippen LogP) is -0.681. The van der Waals surface area contributed by atoms with Gasteiger partial charge in [0, 0.05) is 13.0 Å². The van der Waals surface area contributed by atoms with Gasteiger partial charge in [0.25, 0.3) is 0 Å². The maximum Gasteiger partial charge on any atom is 0.331 e. The van der Waals surface area contributed by atoms with Gasteiger partial charge in [-0.25, -0.2) is 4.79 Å². The number of aromatic hydroxyl groups is 1. The molecule has 2 rings (SSSR count). The number of rotatable bonds is 5. The molecule has 1 aliphatic heterocycles. The topological polar surface area (TPSA) is 143 Å².